The number of unbranched alkanes of at least 4 members (excludes halogenated alkanes) is 9. The molecular weight excluding hydrogens is 330 g/mol. The molecule has 0 spiro atoms. The van der Waals surface area contributed by atoms with Gasteiger partial charge in [0.25, 0.3) is 0 Å². The quantitative estimate of drug-likeness (QED) is 0.352. The molecule has 0 aliphatic carbocycles. The maximum atomic E-state index is 12.2. The average molecular weight is 366 g/mol. The van der Waals surface area contributed by atoms with E-state index in [1.54, 1.807) is 13.8 Å². The number of nitrogens with one attached hydrogen (secondary N) is 1. The number of hydrogen-bond acceptors (Lipinski definition) is 4. The van der Waals surface area contributed by atoms with Gasteiger partial charge >= 0.3 is 11.9 Å². The van der Waals surface area contributed by atoms with E-state index < -0.39 is 11.9 Å². The van der Waals surface area contributed by atoms with Gasteiger partial charge in [-0.05, 0) is 20.3 Å². The van der Waals surface area contributed by atoms with Crippen molar-refractivity contribution >= 4 is 11.9 Å². The van der Waals surface area contributed by atoms with Crippen LogP contribution in [0, 0.1) is 0 Å². The SMILES string of the molecule is CCCCCCCCCCCCOC(=O)C1=C(C)NC(C)=C(C(=O)O)C1. The summed E-state index contributed by atoms with van der Waals surface area (Å²) < 4.78 is 5.33. The molecule has 1 heterocycles. The van der Waals surface area contributed by atoms with E-state index in [-0.39, 0.29) is 12.0 Å². The van der Waals surface area contributed by atoms with Crippen LogP contribution >= 0.6 is 0 Å². The zero-order valence-electron chi connectivity index (χ0n) is 16.7. The number of hydrogen-bond donors (Lipinski definition) is 2. The average Bonchev–Trinajstić information content (AvgIpc) is 2.59. The summed E-state index contributed by atoms with van der Waals surface area (Å²) in [6.07, 6.45) is 12.4. The summed E-state index contributed by atoms with van der Waals surface area (Å²) in [7, 11) is 0. The van der Waals surface area contributed by atoms with Gasteiger partial charge in [0.1, 0.15) is 0 Å². The zero-order valence-corrected chi connectivity index (χ0v) is 16.7. The molecule has 0 aromatic heterocycles. The van der Waals surface area contributed by atoms with Gasteiger partial charge in [0, 0.05) is 17.8 Å². The third kappa shape index (κ3) is 8.07. The summed E-state index contributed by atoms with van der Waals surface area (Å²) in [5.74, 6) is -1.40. The molecule has 1 rings (SSSR count). The topological polar surface area (TPSA) is 75.6 Å². The fourth-order valence-electron chi connectivity index (χ4n) is 3.18. The molecule has 148 valence electrons. The Morgan fingerprint density at radius 1 is 0.885 bits per heavy atom. The van der Waals surface area contributed by atoms with Crippen LogP contribution < -0.4 is 5.32 Å². The van der Waals surface area contributed by atoms with E-state index in [9.17, 15) is 14.7 Å². The third-order valence-electron chi connectivity index (χ3n) is 4.87. The number of carboxylic acid groups (broad SMARTS) is 1. The van der Waals surface area contributed by atoms with E-state index in [1.165, 1.54) is 51.4 Å². The Kier molecular flexibility index (Phi) is 10.7. The minimum atomic E-state index is -0.998. The van der Waals surface area contributed by atoms with Crippen molar-refractivity contribution in [1.82, 2.24) is 5.32 Å². The zero-order chi connectivity index (χ0) is 19.4. The van der Waals surface area contributed by atoms with Gasteiger partial charge < -0.3 is 15.2 Å². The van der Waals surface area contributed by atoms with E-state index in [0.29, 0.717) is 23.6 Å². The van der Waals surface area contributed by atoms with Gasteiger partial charge in [-0.2, -0.15) is 0 Å². The first kappa shape index (κ1) is 22.3. The van der Waals surface area contributed by atoms with E-state index in [1.807, 2.05) is 0 Å². The van der Waals surface area contributed by atoms with Crippen molar-refractivity contribution in [2.45, 2.75) is 91.4 Å². The van der Waals surface area contributed by atoms with E-state index in [0.717, 1.165) is 12.8 Å². The fraction of sp³-hybridized carbons (Fsp3) is 0.714. The summed E-state index contributed by atoms with van der Waals surface area (Å²) in [5, 5.41) is 12.2. The second-order valence-electron chi connectivity index (χ2n) is 7.13. The summed E-state index contributed by atoms with van der Waals surface area (Å²) in [5.41, 5.74) is 1.91. The summed E-state index contributed by atoms with van der Waals surface area (Å²) in [6.45, 7) is 6.12. The first-order chi connectivity index (χ1) is 12.5. The second kappa shape index (κ2) is 12.6. The highest BCUT2D eigenvalue weighted by atomic mass is 16.5. The molecule has 2 N–H and O–H groups in total. The molecular formula is C21H35NO4. The molecule has 26 heavy (non-hydrogen) atoms. The van der Waals surface area contributed by atoms with Gasteiger partial charge in [-0.1, -0.05) is 64.7 Å². The summed E-state index contributed by atoms with van der Waals surface area (Å²) in [6, 6.07) is 0. The number of rotatable bonds is 13. The Morgan fingerprint density at radius 3 is 1.92 bits per heavy atom. The van der Waals surface area contributed by atoms with Crippen molar-refractivity contribution in [3.05, 3.63) is 22.5 Å². The van der Waals surface area contributed by atoms with Gasteiger partial charge in [0.05, 0.1) is 17.8 Å². The predicted octanol–water partition coefficient (Wildman–Crippen LogP) is 5.08. The number of aliphatic carboxylic acids is 1. The van der Waals surface area contributed by atoms with E-state index in [2.05, 4.69) is 12.2 Å². The van der Waals surface area contributed by atoms with Crippen LogP contribution in [0.1, 0.15) is 91.4 Å². The molecule has 1 aliphatic rings. The fourth-order valence-corrected chi connectivity index (χ4v) is 3.18. The maximum absolute atomic E-state index is 12.2. The minimum Gasteiger partial charge on any atom is -0.478 e. The first-order valence-corrected chi connectivity index (χ1v) is 10.0. The predicted molar refractivity (Wildman–Crippen MR) is 104 cm³/mol. The van der Waals surface area contributed by atoms with Crippen LogP contribution in [-0.4, -0.2) is 23.7 Å². The first-order valence-electron chi connectivity index (χ1n) is 10.0. The van der Waals surface area contributed by atoms with Gasteiger partial charge in [0.2, 0.25) is 0 Å². The molecule has 1 aliphatic heterocycles. The lowest BCUT2D eigenvalue weighted by molar-refractivity contribution is -0.139. The minimum absolute atomic E-state index is 0.122. The molecule has 0 atom stereocenters. The standard InChI is InChI=1S/C21H35NO4/c1-4-5-6-7-8-9-10-11-12-13-14-26-21(25)19-15-18(20(23)24)16(2)22-17(19)3/h22H,4-15H2,1-3H3,(H,23,24). The van der Waals surface area contributed by atoms with Crippen molar-refractivity contribution in [3.63, 3.8) is 0 Å². The number of esters is 1. The lowest BCUT2D eigenvalue weighted by Gasteiger charge is -2.21. The van der Waals surface area contributed by atoms with E-state index >= 15 is 0 Å². The number of dihydropyridines is 1. The highest BCUT2D eigenvalue weighted by Crippen LogP contribution is 2.24. The third-order valence-corrected chi connectivity index (χ3v) is 4.87. The van der Waals surface area contributed by atoms with Crippen molar-refractivity contribution in [3.8, 4) is 0 Å². The number of carbonyl (C=O) groups is 2. The largest absolute Gasteiger partial charge is 0.478 e. The molecule has 0 bridgehead atoms. The lowest BCUT2D eigenvalue weighted by Crippen LogP contribution is -2.26. The molecule has 5 heteroatoms. The van der Waals surface area contributed by atoms with Crippen LogP contribution in [0.25, 0.3) is 0 Å². The normalized spacial score (nSPS) is 14.4. The van der Waals surface area contributed by atoms with Crippen molar-refractivity contribution in [2.24, 2.45) is 0 Å². The molecule has 0 fully saturated rings. The van der Waals surface area contributed by atoms with Crippen LogP contribution in [0.15, 0.2) is 22.5 Å². The summed E-state index contributed by atoms with van der Waals surface area (Å²) in [4.78, 5) is 23.4. The molecule has 0 amide bonds. The number of carbonyl (C=O) groups excluding carboxylic acids is 1. The van der Waals surface area contributed by atoms with E-state index in [4.69, 9.17) is 4.74 Å². The van der Waals surface area contributed by atoms with Crippen molar-refractivity contribution in [1.29, 1.82) is 0 Å². The molecule has 0 saturated heterocycles. The van der Waals surface area contributed by atoms with Crippen molar-refractivity contribution in [2.75, 3.05) is 6.61 Å². The Hall–Kier alpha value is -1.78. The smallest absolute Gasteiger partial charge is 0.336 e. The number of ether oxygens (including phenoxy) is 1. The molecule has 0 aromatic rings. The second-order valence-corrected chi connectivity index (χ2v) is 7.13. The van der Waals surface area contributed by atoms with Gasteiger partial charge in [-0.15, -0.1) is 0 Å². The van der Waals surface area contributed by atoms with Crippen LogP contribution in [0.4, 0.5) is 0 Å². The van der Waals surface area contributed by atoms with Gasteiger partial charge in [-0.25, -0.2) is 9.59 Å². The Labute approximate surface area is 157 Å². The van der Waals surface area contributed by atoms with Crippen LogP contribution in [-0.2, 0) is 14.3 Å². The van der Waals surface area contributed by atoms with Crippen LogP contribution in [0.2, 0.25) is 0 Å². The lowest BCUT2D eigenvalue weighted by atomic mass is 9.98. The molecule has 0 saturated carbocycles. The monoisotopic (exact) mass is 365 g/mol. The van der Waals surface area contributed by atoms with Crippen LogP contribution in [0.5, 0.6) is 0 Å². The van der Waals surface area contributed by atoms with Crippen LogP contribution in [0.3, 0.4) is 0 Å². The van der Waals surface area contributed by atoms with Gasteiger partial charge in [-0.3, -0.25) is 0 Å². The van der Waals surface area contributed by atoms with Gasteiger partial charge in [0.15, 0.2) is 0 Å². The highest BCUT2D eigenvalue weighted by molar-refractivity contribution is 5.95. The Balaban J connectivity index is 2.15. The number of allylic oxidation sites excluding steroid dienone is 2. The maximum Gasteiger partial charge on any atom is 0.336 e. The highest BCUT2D eigenvalue weighted by Gasteiger charge is 2.25. The molecule has 0 aromatic carbocycles. The molecule has 0 radical (unpaired) electrons. The number of carboxylic acids is 1. The molecule has 0 unspecified atom stereocenters. The summed E-state index contributed by atoms with van der Waals surface area (Å²) >= 11 is 0. The Morgan fingerprint density at radius 2 is 1.38 bits per heavy atom. The van der Waals surface area contributed by atoms with Crippen molar-refractivity contribution < 1.29 is 19.4 Å². The molecule has 5 nitrogen and oxygen atoms in total. The Bertz CT molecular complexity index is 534.